The number of hydrogen-bond acceptors (Lipinski definition) is 5. The second-order valence-corrected chi connectivity index (χ2v) is 11.6. The van der Waals surface area contributed by atoms with Gasteiger partial charge >= 0.3 is 0 Å². The Morgan fingerprint density at radius 2 is 1.81 bits per heavy atom. The first kappa shape index (κ1) is 30.7. The molecule has 0 aromatic heterocycles. The molecule has 0 fully saturated rings. The van der Waals surface area contributed by atoms with E-state index in [4.69, 9.17) is 27.9 Å². The van der Waals surface area contributed by atoms with Crippen molar-refractivity contribution in [1.29, 1.82) is 0 Å². The molecule has 2 rings (SSSR count). The van der Waals surface area contributed by atoms with Gasteiger partial charge in [-0.15, -0.1) is 0 Å². The lowest BCUT2D eigenvalue weighted by molar-refractivity contribution is -0.140. The van der Waals surface area contributed by atoms with Crippen LogP contribution in [0.2, 0.25) is 10.0 Å². The molecule has 2 atom stereocenters. The molecule has 0 aliphatic heterocycles. The fraction of sp³-hybridized carbons (Fsp3) is 0.462. The summed E-state index contributed by atoms with van der Waals surface area (Å²) >= 11 is 12.4. The molecular weight excluding hydrogens is 537 g/mol. The maximum Gasteiger partial charge on any atom is 0.242 e. The van der Waals surface area contributed by atoms with Gasteiger partial charge in [0.1, 0.15) is 11.8 Å². The predicted octanol–water partition coefficient (Wildman–Crippen LogP) is 4.88. The van der Waals surface area contributed by atoms with Gasteiger partial charge in [-0.05, 0) is 56.5 Å². The Morgan fingerprint density at radius 1 is 1.11 bits per heavy atom. The Kier molecular flexibility index (Phi) is 11.5. The lowest BCUT2D eigenvalue weighted by Gasteiger charge is -2.30. The number of ether oxygens (including phenoxy) is 1. The number of halogens is 2. The van der Waals surface area contributed by atoms with Crippen LogP contribution in [0.15, 0.2) is 42.5 Å². The second-order valence-electron chi connectivity index (χ2n) is 8.89. The number of nitrogens with zero attached hydrogens (tertiary/aromatic N) is 2. The molecule has 8 nitrogen and oxygen atoms in total. The summed E-state index contributed by atoms with van der Waals surface area (Å²) in [5, 5.41) is 3.77. The van der Waals surface area contributed by atoms with Crippen LogP contribution in [-0.2, 0) is 26.2 Å². The van der Waals surface area contributed by atoms with E-state index < -0.39 is 16.1 Å². The highest BCUT2D eigenvalue weighted by molar-refractivity contribution is 7.92. The minimum atomic E-state index is -3.61. The van der Waals surface area contributed by atoms with Crippen LogP contribution in [0.3, 0.4) is 0 Å². The highest BCUT2D eigenvalue weighted by Crippen LogP contribution is 2.25. The lowest BCUT2D eigenvalue weighted by atomic mass is 10.1. The monoisotopic (exact) mass is 571 g/mol. The SMILES string of the molecule is CC[C@@H](C)NC(=O)[C@@H](C)N(Cc1ccc(Cl)cc1Cl)C(=O)CCCN(c1cccc(OC)c1)S(C)(=O)=O. The van der Waals surface area contributed by atoms with Gasteiger partial charge < -0.3 is 15.0 Å². The number of rotatable bonds is 13. The van der Waals surface area contributed by atoms with Gasteiger partial charge in [-0.1, -0.05) is 42.3 Å². The fourth-order valence-electron chi connectivity index (χ4n) is 3.65. The van der Waals surface area contributed by atoms with Crippen molar-refractivity contribution in [3.05, 3.63) is 58.1 Å². The first-order valence-corrected chi connectivity index (χ1v) is 14.6. The lowest BCUT2D eigenvalue weighted by Crippen LogP contribution is -2.49. The van der Waals surface area contributed by atoms with E-state index in [-0.39, 0.29) is 43.8 Å². The van der Waals surface area contributed by atoms with Crippen molar-refractivity contribution in [2.75, 3.05) is 24.2 Å². The van der Waals surface area contributed by atoms with Crippen molar-refractivity contribution >= 4 is 50.7 Å². The summed E-state index contributed by atoms with van der Waals surface area (Å²) < 4.78 is 31.4. The Morgan fingerprint density at radius 3 is 2.41 bits per heavy atom. The highest BCUT2D eigenvalue weighted by atomic mass is 35.5. The molecule has 2 aromatic carbocycles. The van der Waals surface area contributed by atoms with Gasteiger partial charge in [0.25, 0.3) is 0 Å². The Balaban J connectivity index is 2.22. The summed E-state index contributed by atoms with van der Waals surface area (Å²) in [6, 6.07) is 10.9. The third-order valence-corrected chi connectivity index (χ3v) is 7.80. The van der Waals surface area contributed by atoms with Crippen molar-refractivity contribution in [1.82, 2.24) is 10.2 Å². The van der Waals surface area contributed by atoms with Crippen LogP contribution in [0.25, 0.3) is 0 Å². The average Bonchev–Trinajstić information content (AvgIpc) is 2.84. The number of anilines is 1. The number of methoxy groups -OCH3 is 1. The normalized spacial score (nSPS) is 12.9. The first-order chi connectivity index (χ1) is 17.4. The molecule has 0 aliphatic carbocycles. The van der Waals surface area contributed by atoms with Gasteiger partial charge in [0.15, 0.2) is 0 Å². The smallest absolute Gasteiger partial charge is 0.242 e. The molecule has 0 aliphatic rings. The number of hydrogen-bond donors (Lipinski definition) is 1. The quantitative estimate of drug-likeness (QED) is 0.369. The summed E-state index contributed by atoms with van der Waals surface area (Å²) in [7, 11) is -2.10. The van der Waals surface area contributed by atoms with E-state index in [9.17, 15) is 18.0 Å². The van der Waals surface area contributed by atoms with E-state index in [0.29, 0.717) is 27.0 Å². The molecule has 37 heavy (non-hydrogen) atoms. The zero-order valence-corrected chi connectivity index (χ0v) is 24.2. The van der Waals surface area contributed by atoms with Gasteiger partial charge in [-0.25, -0.2) is 8.42 Å². The van der Waals surface area contributed by atoms with Gasteiger partial charge in [-0.2, -0.15) is 0 Å². The van der Waals surface area contributed by atoms with E-state index in [1.165, 1.54) is 16.3 Å². The Hall–Kier alpha value is -2.49. The molecule has 0 bridgehead atoms. The zero-order chi connectivity index (χ0) is 27.8. The van der Waals surface area contributed by atoms with Crippen LogP contribution >= 0.6 is 23.2 Å². The maximum absolute atomic E-state index is 13.4. The molecule has 0 saturated heterocycles. The molecule has 11 heteroatoms. The molecule has 2 amide bonds. The van der Waals surface area contributed by atoms with Crippen molar-refractivity contribution in [2.24, 2.45) is 0 Å². The third kappa shape index (κ3) is 9.09. The Labute approximate surface area is 229 Å². The minimum absolute atomic E-state index is 0.0299. The second kappa shape index (κ2) is 13.9. The van der Waals surface area contributed by atoms with Crippen molar-refractivity contribution in [2.45, 2.75) is 58.7 Å². The van der Waals surface area contributed by atoms with E-state index in [1.807, 2.05) is 13.8 Å². The molecular formula is C26H35Cl2N3O5S. The Bertz CT molecular complexity index is 1190. The van der Waals surface area contributed by atoms with Crippen molar-refractivity contribution in [3.63, 3.8) is 0 Å². The van der Waals surface area contributed by atoms with Crippen LogP contribution in [0.1, 0.15) is 45.6 Å². The van der Waals surface area contributed by atoms with E-state index in [1.54, 1.807) is 49.4 Å². The average molecular weight is 573 g/mol. The fourth-order valence-corrected chi connectivity index (χ4v) is 5.08. The van der Waals surface area contributed by atoms with E-state index in [0.717, 1.165) is 12.7 Å². The summed E-state index contributed by atoms with van der Waals surface area (Å²) in [5.41, 5.74) is 1.09. The standard InChI is InChI=1S/C26H35Cl2N3O5S/c1-6-18(2)29-26(33)19(3)30(17-20-12-13-21(27)15-24(20)28)25(32)11-8-14-31(37(5,34)35)22-9-7-10-23(16-22)36-4/h7,9-10,12-13,15-16,18-19H,6,8,11,14,17H2,1-5H3,(H,29,33)/t18-,19-/m1/s1. The third-order valence-electron chi connectivity index (χ3n) is 6.02. The molecule has 0 heterocycles. The summed E-state index contributed by atoms with van der Waals surface area (Å²) in [5.74, 6) is -0.0479. The number of amides is 2. The number of carbonyl (C=O) groups is 2. The van der Waals surface area contributed by atoms with Gasteiger partial charge in [0.05, 0.1) is 19.1 Å². The van der Waals surface area contributed by atoms with Crippen molar-refractivity contribution in [3.8, 4) is 5.75 Å². The number of benzene rings is 2. The number of carbonyl (C=O) groups excluding carboxylic acids is 2. The van der Waals surface area contributed by atoms with E-state index >= 15 is 0 Å². The summed E-state index contributed by atoms with van der Waals surface area (Å²) in [6.07, 6.45) is 2.14. The predicted molar refractivity (Wildman–Crippen MR) is 149 cm³/mol. The molecule has 0 saturated carbocycles. The summed E-state index contributed by atoms with van der Waals surface area (Å²) in [4.78, 5) is 27.7. The minimum Gasteiger partial charge on any atom is -0.497 e. The largest absolute Gasteiger partial charge is 0.497 e. The van der Waals surface area contributed by atoms with Crippen LogP contribution in [0, 0.1) is 0 Å². The van der Waals surface area contributed by atoms with Gasteiger partial charge in [0, 0.05) is 41.7 Å². The van der Waals surface area contributed by atoms with Crippen LogP contribution in [0.4, 0.5) is 5.69 Å². The van der Waals surface area contributed by atoms with Crippen LogP contribution in [0.5, 0.6) is 5.75 Å². The highest BCUT2D eigenvalue weighted by Gasteiger charge is 2.28. The molecule has 0 unspecified atom stereocenters. The molecule has 1 N–H and O–H groups in total. The maximum atomic E-state index is 13.4. The van der Waals surface area contributed by atoms with E-state index in [2.05, 4.69) is 5.32 Å². The van der Waals surface area contributed by atoms with Gasteiger partial charge in [0.2, 0.25) is 21.8 Å². The molecule has 204 valence electrons. The number of sulfonamides is 1. The van der Waals surface area contributed by atoms with Gasteiger partial charge in [-0.3, -0.25) is 13.9 Å². The van der Waals surface area contributed by atoms with Crippen LogP contribution in [-0.4, -0.2) is 57.1 Å². The first-order valence-electron chi connectivity index (χ1n) is 12.0. The molecule has 0 radical (unpaired) electrons. The zero-order valence-electron chi connectivity index (χ0n) is 21.8. The van der Waals surface area contributed by atoms with Crippen LogP contribution < -0.4 is 14.4 Å². The molecule has 0 spiro atoms. The van der Waals surface area contributed by atoms with Crippen molar-refractivity contribution < 1.29 is 22.7 Å². The molecule has 2 aromatic rings. The summed E-state index contributed by atoms with van der Waals surface area (Å²) in [6.45, 7) is 5.71. The topological polar surface area (TPSA) is 96.0 Å². The number of nitrogens with one attached hydrogen (secondary N) is 1.